The zero-order chi connectivity index (χ0) is 31.3. The number of carbonyl (C=O) groups excluding carboxylic acids is 4. The van der Waals surface area contributed by atoms with Gasteiger partial charge in [0, 0.05) is 12.8 Å². The van der Waals surface area contributed by atoms with Crippen LogP contribution in [0.4, 0.5) is 0 Å². The quantitative estimate of drug-likeness (QED) is 0.110. The minimum Gasteiger partial charge on any atom is -0.453 e. The summed E-state index contributed by atoms with van der Waals surface area (Å²) in [6.07, 6.45) is 5.09. The third kappa shape index (κ3) is 9.65. The van der Waals surface area contributed by atoms with E-state index in [2.05, 4.69) is 6.92 Å². The predicted octanol–water partition coefficient (Wildman–Crippen LogP) is 5.16. The number of rotatable bonds is 16. The van der Waals surface area contributed by atoms with Gasteiger partial charge in [-0.05, 0) is 61.4 Å². The molecular weight excluding hydrogens is 567 g/mol. The maximum absolute atomic E-state index is 12.8. The number of fused-ring (bicyclic) bond motifs is 1. The van der Waals surface area contributed by atoms with Gasteiger partial charge in [-0.15, -0.1) is 0 Å². The van der Waals surface area contributed by atoms with Gasteiger partial charge >= 0.3 is 23.9 Å². The monoisotopic (exact) mass is 606 g/mol. The zero-order valence-electron chi connectivity index (χ0n) is 25.1. The Hall–Kier alpha value is -3.70. The third-order valence-corrected chi connectivity index (χ3v) is 7.44. The van der Waals surface area contributed by atoms with E-state index >= 15 is 0 Å². The lowest BCUT2D eigenvalue weighted by Gasteiger charge is -2.17. The van der Waals surface area contributed by atoms with Gasteiger partial charge in [-0.1, -0.05) is 45.3 Å². The van der Waals surface area contributed by atoms with E-state index in [1.807, 2.05) is 0 Å². The molecule has 2 aromatic rings. The van der Waals surface area contributed by atoms with Crippen molar-refractivity contribution in [3.63, 3.8) is 0 Å². The van der Waals surface area contributed by atoms with Crippen molar-refractivity contribution in [3.8, 4) is 11.5 Å². The number of benzene rings is 2. The van der Waals surface area contributed by atoms with Crippen LogP contribution in [0.1, 0.15) is 85.4 Å². The minimum atomic E-state index is -0.682. The largest absolute Gasteiger partial charge is 0.453 e. The van der Waals surface area contributed by atoms with E-state index in [1.165, 1.54) is 36.4 Å². The lowest BCUT2D eigenvalue weighted by Crippen LogP contribution is -2.36. The normalized spacial score (nSPS) is 20.5. The number of hydrogen-bond donors (Lipinski definition) is 0. The van der Waals surface area contributed by atoms with Crippen LogP contribution in [-0.2, 0) is 28.5 Å². The molecule has 0 N–H and O–H groups in total. The van der Waals surface area contributed by atoms with Crippen LogP contribution >= 0.6 is 0 Å². The smallest absolute Gasteiger partial charge is 0.338 e. The molecule has 0 aliphatic carbocycles. The topological polar surface area (TPSA) is 124 Å². The Morgan fingerprint density at radius 2 is 1.09 bits per heavy atom. The van der Waals surface area contributed by atoms with E-state index < -0.39 is 36.4 Å². The van der Waals surface area contributed by atoms with Gasteiger partial charge in [0.1, 0.15) is 23.7 Å². The van der Waals surface area contributed by atoms with E-state index in [1.54, 1.807) is 12.1 Å². The number of carbonyl (C=O) groups is 4. The summed E-state index contributed by atoms with van der Waals surface area (Å²) in [7, 11) is 5.46. The van der Waals surface area contributed by atoms with Crippen molar-refractivity contribution < 1.29 is 47.6 Å². The van der Waals surface area contributed by atoms with Crippen LogP contribution in [-0.4, -0.2) is 69.4 Å². The van der Waals surface area contributed by atoms with Gasteiger partial charge in [-0.3, -0.25) is 9.59 Å². The fraction of sp³-hybridized carbons (Fsp3) is 0.515. The first-order valence-corrected chi connectivity index (χ1v) is 15.3. The zero-order valence-corrected chi connectivity index (χ0v) is 25.1. The Bertz CT molecular complexity index is 1150. The van der Waals surface area contributed by atoms with E-state index in [0.29, 0.717) is 37.1 Å². The molecule has 44 heavy (non-hydrogen) atoms. The number of unbranched alkanes of at least 4 members (excludes halogenated alkanes) is 5. The Labute approximate surface area is 259 Å². The number of hydrogen-bond acceptors (Lipinski definition) is 10. The SMILES string of the molecule is [B]CCCCCC(=O)Oc1ccc(C(=O)O[C@@H]2CO[C@H]3[C@@H]2OC[C@@H]3OC(=O)c2ccc(OC(=O)CCCCCC)cc2)cc1. The lowest BCUT2D eigenvalue weighted by molar-refractivity contribution is -0.135. The summed E-state index contributed by atoms with van der Waals surface area (Å²) in [5, 5.41) is 0. The second-order valence-corrected chi connectivity index (χ2v) is 10.9. The highest BCUT2D eigenvalue weighted by molar-refractivity contribution is 6.08. The molecular formula is C33H39BO10. The average molecular weight is 606 g/mol. The van der Waals surface area contributed by atoms with Crippen LogP contribution < -0.4 is 9.47 Å². The average Bonchev–Trinajstić information content (AvgIpc) is 3.61. The fourth-order valence-electron chi connectivity index (χ4n) is 5.01. The standard InChI is InChI=1S/C33H39BO10/c1-2-3-4-6-9-28(35)41-24-15-11-22(12-16-24)32(37)43-26-20-39-31-27(21-40-30(26)31)44-33(38)23-13-17-25(18-14-23)42-29(36)10-7-5-8-19-34/h11-18,26-27,30-31H,2-10,19-21H2,1H3/t26-,27+,30+,31+/m0/s1. The van der Waals surface area contributed by atoms with Crippen LogP contribution in [0.25, 0.3) is 0 Å². The van der Waals surface area contributed by atoms with Gasteiger partial charge in [0.15, 0.2) is 12.2 Å². The summed E-state index contributed by atoms with van der Waals surface area (Å²) < 4.78 is 33.5. The van der Waals surface area contributed by atoms with Gasteiger partial charge in [-0.2, -0.15) is 0 Å². The Morgan fingerprint density at radius 1 is 0.659 bits per heavy atom. The van der Waals surface area contributed by atoms with Crippen LogP contribution in [0.15, 0.2) is 48.5 Å². The first-order valence-electron chi connectivity index (χ1n) is 15.3. The summed E-state index contributed by atoms with van der Waals surface area (Å²) in [6.45, 7) is 2.29. The molecule has 2 aliphatic heterocycles. The molecule has 0 spiro atoms. The molecule has 0 unspecified atom stereocenters. The summed E-state index contributed by atoms with van der Waals surface area (Å²) in [4.78, 5) is 49.5. The predicted molar refractivity (Wildman–Crippen MR) is 160 cm³/mol. The molecule has 2 radical (unpaired) electrons. The molecule has 0 bridgehead atoms. The van der Waals surface area contributed by atoms with Gasteiger partial charge in [-0.25, -0.2) is 9.59 Å². The Morgan fingerprint density at radius 3 is 1.50 bits per heavy atom. The highest BCUT2D eigenvalue weighted by Gasteiger charge is 2.51. The van der Waals surface area contributed by atoms with E-state index in [-0.39, 0.29) is 36.3 Å². The maximum atomic E-state index is 12.8. The van der Waals surface area contributed by atoms with Crippen molar-refractivity contribution in [1.82, 2.24) is 0 Å². The van der Waals surface area contributed by atoms with Crippen LogP contribution in [0.2, 0.25) is 6.32 Å². The van der Waals surface area contributed by atoms with Gasteiger partial charge in [0.05, 0.1) is 32.2 Å². The first kappa shape index (κ1) is 33.2. The molecule has 2 aliphatic rings. The van der Waals surface area contributed by atoms with Gasteiger partial charge in [0.25, 0.3) is 0 Å². The molecule has 2 fully saturated rings. The molecule has 2 heterocycles. The molecule has 10 nitrogen and oxygen atoms in total. The van der Waals surface area contributed by atoms with E-state index in [9.17, 15) is 19.2 Å². The molecule has 4 atom stereocenters. The third-order valence-electron chi connectivity index (χ3n) is 7.44. The summed E-state index contributed by atoms with van der Waals surface area (Å²) in [5.74, 6) is -1.10. The van der Waals surface area contributed by atoms with Crippen molar-refractivity contribution in [2.24, 2.45) is 0 Å². The molecule has 11 heteroatoms. The molecule has 0 amide bonds. The molecule has 2 aromatic carbocycles. The van der Waals surface area contributed by atoms with Crippen molar-refractivity contribution in [2.75, 3.05) is 13.2 Å². The van der Waals surface area contributed by atoms with Crippen LogP contribution in [0, 0.1) is 0 Å². The highest BCUT2D eigenvalue weighted by atomic mass is 16.7. The Kier molecular flexibility index (Phi) is 12.8. The van der Waals surface area contributed by atoms with Crippen LogP contribution in [0.3, 0.4) is 0 Å². The van der Waals surface area contributed by atoms with E-state index in [0.717, 1.165) is 38.5 Å². The summed E-state index contributed by atoms with van der Waals surface area (Å²) in [5.41, 5.74) is 0.570. The highest BCUT2D eigenvalue weighted by Crippen LogP contribution is 2.32. The molecule has 0 aromatic heterocycles. The van der Waals surface area contributed by atoms with Crippen molar-refractivity contribution >= 4 is 31.7 Å². The molecule has 2 saturated heterocycles. The van der Waals surface area contributed by atoms with Crippen molar-refractivity contribution in [1.29, 1.82) is 0 Å². The van der Waals surface area contributed by atoms with E-state index in [4.69, 9.17) is 36.3 Å². The fourth-order valence-corrected chi connectivity index (χ4v) is 5.01. The van der Waals surface area contributed by atoms with Crippen molar-refractivity contribution in [2.45, 2.75) is 95.4 Å². The second kappa shape index (κ2) is 17.0. The number of ether oxygens (including phenoxy) is 6. The number of esters is 4. The minimum absolute atomic E-state index is 0.0908. The van der Waals surface area contributed by atoms with Gasteiger partial charge in [0.2, 0.25) is 0 Å². The molecule has 234 valence electrons. The molecule has 4 rings (SSSR count). The lowest BCUT2D eigenvalue weighted by atomic mass is 9.99. The second-order valence-electron chi connectivity index (χ2n) is 10.9. The van der Waals surface area contributed by atoms with Crippen LogP contribution in [0.5, 0.6) is 11.5 Å². The maximum Gasteiger partial charge on any atom is 0.338 e. The first-order chi connectivity index (χ1) is 21.4. The summed E-state index contributed by atoms with van der Waals surface area (Å²) in [6, 6.07) is 12.3. The molecule has 0 saturated carbocycles. The van der Waals surface area contributed by atoms with Crippen molar-refractivity contribution in [3.05, 3.63) is 59.7 Å². The summed E-state index contributed by atoms with van der Waals surface area (Å²) >= 11 is 0. The van der Waals surface area contributed by atoms with Gasteiger partial charge < -0.3 is 28.4 Å². The Balaban J connectivity index is 1.21.